The topological polar surface area (TPSA) is 219 Å². The van der Waals surface area contributed by atoms with Crippen LogP contribution in [0.25, 0.3) is 21.5 Å². The monoisotopic (exact) mass is 668 g/mol. The zero-order valence-electron chi connectivity index (χ0n) is 24.1. The van der Waals surface area contributed by atoms with Gasteiger partial charge in [-0.15, -0.1) is 10.2 Å². The minimum Gasteiger partial charge on any atom is -0.457 e. The van der Waals surface area contributed by atoms with E-state index >= 15 is 0 Å². The standard InChI is InChI=1S/C32H24N6O7S2/c33-31-25-7-3-1-5-23(25)29(46(39,40)41)17-27(31)37-35-19-9-13-21(14-10-19)45-22-15-11-20(12-16-22)36-38-28-18-30(47(42,43)44)24-6-2-4-8-26(24)32(28)34/h1-18H,33-34H2,(H,39,40,41)(H,42,43,44). The number of nitrogens with zero attached hydrogens (tertiary/aromatic N) is 4. The molecule has 6 aromatic carbocycles. The predicted octanol–water partition coefficient (Wildman–Crippen LogP) is 8.27. The molecule has 0 radical (unpaired) electrons. The van der Waals surface area contributed by atoms with Crippen molar-refractivity contribution in [3.8, 4) is 11.5 Å². The predicted molar refractivity (Wildman–Crippen MR) is 178 cm³/mol. The zero-order valence-corrected chi connectivity index (χ0v) is 25.7. The number of nitrogen functional groups attached to an aromatic ring is 2. The van der Waals surface area contributed by atoms with Crippen LogP contribution in [0.3, 0.4) is 0 Å². The van der Waals surface area contributed by atoms with Crippen LogP contribution in [0.4, 0.5) is 34.1 Å². The maximum Gasteiger partial charge on any atom is 0.295 e. The van der Waals surface area contributed by atoms with Gasteiger partial charge in [-0.1, -0.05) is 48.5 Å². The second-order valence-electron chi connectivity index (χ2n) is 10.1. The van der Waals surface area contributed by atoms with Crippen LogP contribution in [-0.2, 0) is 20.2 Å². The Hall–Kier alpha value is -5.74. The Labute approximate surface area is 268 Å². The summed E-state index contributed by atoms with van der Waals surface area (Å²) in [5.74, 6) is 0.970. The Balaban J connectivity index is 1.17. The number of hydrogen-bond donors (Lipinski definition) is 4. The summed E-state index contributed by atoms with van der Waals surface area (Å²) in [6.07, 6.45) is 0. The minimum absolute atomic E-state index is 0.0797. The van der Waals surface area contributed by atoms with Crippen molar-refractivity contribution >= 4 is 75.9 Å². The second-order valence-corrected chi connectivity index (χ2v) is 12.9. The highest BCUT2D eigenvalue weighted by molar-refractivity contribution is 7.86. The average molecular weight is 669 g/mol. The summed E-state index contributed by atoms with van der Waals surface area (Å²) in [5, 5.41) is 17.9. The molecule has 0 aromatic heterocycles. The lowest BCUT2D eigenvalue weighted by molar-refractivity contribution is 0.482. The summed E-state index contributed by atoms with van der Waals surface area (Å²) in [6, 6.07) is 28.5. The van der Waals surface area contributed by atoms with Crippen LogP contribution >= 0.6 is 0 Å². The number of ether oxygens (including phenoxy) is 1. The summed E-state index contributed by atoms with van der Waals surface area (Å²) >= 11 is 0. The van der Waals surface area contributed by atoms with E-state index in [0.29, 0.717) is 33.6 Å². The first-order chi connectivity index (χ1) is 22.4. The maximum absolute atomic E-state index is 12.0. The fourth-order valence-corrected chi connectivity index (χ4v) is 6.25. The minimum atomic E-state index is -4.54. The summed E-state index contributed by atoms with van der Waals surface area (Å²) in [4.78, 5) is -0.645. The van der Waals surface area contributed by atoms with E-state index in [1.54, 1.807) is 97.1 Å². The number of anilines is 2. The van der Waals surface area contributed by atoms with Gasteiger partial charge in [0.1, 0.15) is 32.7 Å². The van der Waals surface area contributed by atoms with Gasteiger partial charge in [0.2, 0.25) is 0 Å². The van der Waals surface area contributed by atoms with Gasteiger partial charge in [-0.05, 0) is 60.7 Å². The van der Waals surface area contributed by atoms with Crippen LogP contribution in [0.5, 0.6) is 11.5 Å². The molecule has 47 heavy (non-hydrogen) atoms. The molecule has 15 heteroatoms. The smallest absolute Gasteiger partial charge is 0.295 e. The molecule has 0 heterocycles. The molecular weight excluding hydrogens is 645 g/mol. The molecular formula is C32H24N6O7S2. The van der Waals surface area contributed by atoms with Crippen LogP contribution in [0.1, 0.15) is 0 Å². The maximum atomic E-state index is 12.0. The quantitative estimate of drug-likeness (QED) is 0.0695. The third-order valence-corrected chi connectivity index (χ3v) is 8.85. The van der Waals surface area contributed by atoms with Gasteiger partial charge >= 0.3 is 0 Å². The van der Waals surface area contributed by atoms with E-state index in [4.69, 9.17) is 16.2 Å². The highest BCUT2D eigenvalue weighted by Gasteiger charge is 2.19. The van der Waals surface area contributed by atoms with Gasteiger partial charge in [-0.2, -0.15) is 27.1 Å². The van der Waals surface area contributed by atoms with Crippen LogP contribution in [-0.4, -0.2) is 25.9 Å². The number of azo groups is 2. The van der Waals surface area contributed by atoms with Gasteiger partial charge in [-0.3, -0.25) is 9.11 Å². The van der Waals surface area contributed by atoms with E-state index in [0.717, 1.165) is 0 Å². The molecule has 6 N–H and O–H groups in total. The number of benzene rings is 6. The zero-order chi connectivity index (χ0) is 33.3. The van der Waals surface area contributed by atoms with E-state index < -0.39 is 20.2 Å². The number of rotatable bonds is 8. The largest absolute Gasteiger partial charge is 0.457 e. The van der Waals surface area contributed by atoms with Gasteiger partial charge in [-0.25, -0.2) is 0 Å². The summed E-state index contributed by atoms with van der Waals surface area (Å²) in [7, 11) is -9.08. The van der Waals surface area contributed by atoms with Gasteiger partial charge < -0.3 is 16.2 Å². The van der Waals surface area contributed by atoms with Crippen LogP contribution in [0.2, 0.25) is 0 Å². The van der Waals surface area contributed by atoms with E-state index in [9.17, 15) is 25.9 Å². The first-order valence-corrected chi connectivity index (χ1v) is 16.6. The summed E-state index contributed by atoms with van der Waals surface area (Å²) in [5.41, 5.74) is 13.9. The SMILES string of the molecule is Nc1c(N=Nc2ccc(Oc3ccc(N=Nc4cc(S(=O)(=O)O)c5ccccc5c4N)cc3)cc2)cc(S(=O)(=O)O)c2ccccc12. The third-order valence-electron chi connectivity index (χ3n) is 7.06. The van der Waals surface area contributed by atoms with E-state index in [1.807, 2.05) is 0 Å². The summed E-state index contributed by atoms with van der Waals surface area (Å²) in [6.45, 7) is 0. The average Bonchev–Trinajstić information content (AvgIpc) is 3.04. The van der Waals surface area contributed by atoms with E-state index in [1.165, 1.54) is 12.1 Å². The first kappa shape index (κ1) is 31.3. The van der Waals surface area contributed by atoms with Crippen LogP contribution in [0.15, 0.2) is 139 Å². The lowest BCUT2D eigenvalue weighted by Gasteiger charge is -2.09. The highest BCUT2D eigenvalue weighted by Crippen LogP contribution is 2.38. The van der Waals surface area contributed by atoms with Crippen LogP contribution in [0, 0.1) is 0 Å². The Kier molecular flexibility index (Phi) is 8.13. The number of hydrogen-bond acceptors (Lipinski definition) is 11. The van der Waals surface area contributed by atoms with Gasteiger partial charge in [0.05, 0.1) is 22.7 Å². The molecule has 0 atom stereocenters. The third kappa shape index (κ3) is 6.63. The van der Waals surface area contributed by atoms with Crippen molar-refractivity contribution in [2.75, 3.05) is 11.5 Å². The lowest BCUT2D eigenvalue weighted by atomic mass is 10.1. The molecule has 0 aliphatic carbocycles. The molecule has 0 saturated heterocycles. The Morgan fingerprint density at radius 1 is 0.489 bits per heavy atom. The Morgan fingerprint density at radius 2 is 0.830 bits per heavy atom. The summed E-state index contributed by atoms with van der Waals surface area (Å²) < 4.78 is 73.2. The van der Waals surface area contributed by atoms with Crippen molar-refractivity contribution in [1.29, 1.82) is 0 Å². The molecule has 0 saturated carbocycles. The Bertz CT molecular complexity index is 2280. The van der Waals surface area contributed by atoms with E-state index in [-0.39, 0.29) is 43.3 Å². The van der Waals surface area contributed by atoms with Crippen molar-refractivity contribution in [2.24, 2.45) is 20.5 Å². The molecule has 0 aliphatic heterocycles. The fraction of sp³-hybridized carbons (Fsp3) is 0. The molecule has 0 bridgehead atoms. The van der Waals surface area contributed by atoms with E-state index in [2.05, 4.69) is 20.5 Å². The number of fused-ring (bicyclic) bond motifs is 2. The fourth-order valence-electron chi connectivity index (χ4n) is 4.81. The van der Waals surface area contributed by atoms with Gasteiger partial charge in [0.15, 0.2) is 0 Å². The molecule has 6 rings (SSSR count). The lowest BCUT2D eigenvalue weighted by Crippen LogP contribution is -2.01. The van der Waals surface area contributed by atoms with Crippen molar-refractivity contribution in [3.05, 3.63) is 109 Å². The van der Waals surface area contributed by atoms with Crippen molar-refractivity contribution in [2.45, 2.75) is 9.79 Å². The molecule has 0 amide bonds. The van der Waals surface area contributed by atoms with Crippen LogP contribution < -0.4 is 16.2 Å². The number of nitrogens with two attached hydrogens (primary N) is 2. The van der Waals surface area contributed by atoms with Crippen molar-refractivity contribution in [1.82, 2.24) is 0 Å². The Morgan fingerprint density at radius 3 is 1.17 bits per heavy atom. The molecule has 0 aliphatic rings. The molecule has 236 valence electrons. The molecule has 0 unspecified atom stereocenters. The van der Waals surface area contributed by atoms with Crippen molar-refractivity contribution in [3.63, 3.8) is 0 Å². The normalized spacial score (nSPS) is 12.4. The van der Waals surface area contributed by atoms with Gasteiger partial charge in [0.25, 0.3) is 20.2 Å². The highest BCUT2D eigenvalue weighted by atomic mass is 32.2. The van der Waals surface area contributed by atoms with Gasteiger partial charge in [0, 0.05) is 21.5 Å². The molecule has 13 nitrogen and oxygen atoms in total. The first-order valence-electron chi connectivity index (χ1n) is 13.7. The van der Waals surface area contributed by atoms with Crippen molar-refractivity contribution < 1.29 is 30.7 Å². The molecule has 0 fully saturated rings. The molecule has 6 aromatic rings. The second kappa shape index (κ2) is 12.2. The molecule has 0 spiro atoms.